The average molecular weight is 436 g/mol. The molecule has 3 aliphatic heterocycles. The monoisotopic (exact) mass is 436 g/mol. The fourth-order valence-electron chi connectivity index (χ4n) is 4.04. The number of carbonyl (C=O) groups excluding carboxylic acids is 1. The molecule has 0 unspecified atom stereocenters. The van der Waals surface area contributed by atoms with Gasteiger partial charge in [0.15, 0.2) is 17.3 Å². The summed E-state index contributed by atoms with van der Waals surface area (Å²) in [7, 11) is -3.97. The first-order valence-corrected chi connectivity index (χ1v) is 11.2. The molecule has 1 aromatic rings. The number of aliphatic imine (C=N–C) groups is 1. The number of nitrogens with zero attached hydrogens (tertiary/aromatic N) is 5. The Hall–Kier alpha value is -2.41. The third-order valence-electron chi connectivity index (χ3n) is 5.83. The molecule has 0 saturated carbocycles. The summed E-state index contributed by atoms with van der Waals surface area (Å²) in [5.41, 5.74) is 3.41. The van der Waals surface area contributed by atoms with E-state index < -0.39 is 20.7 Å². The number of ether oxygens (including phenoxy) is 1. The highest BCUT2D eigenvalue weighted by atomic mass is 32.2. The fourth-order valence-corrected chi connectivity index (χ4v) is 6.14. The van der Waals surface area contributed by atoms with Crippen molar-refractivity contribution in [1.82, 2.24) is 9.79 Å². The molecule has 0 atom stereocenters. The smallest absolute Gasteiger partial charge is 0.266 e. The van der Waals surface area contributed by atoms with E-state index >= 15 is 0 Å². The van der Waals surface area contributed by atoms with Crippen LogP contribution in [-0.2, 0) is 19.6 Å². The Morgan fingerprint density at radius 1 is 1.10 bits per heavy atom. The molecule has 0 spiro atoms. The van der Waals surface area contributed by atoms with E-state index in [0.717, 1.165) is 11.3 Å². The van der Waals surface area contributed by atoms with Gasteiger partial charge in [-0.25, -0.2) is 18.9 Å². The second-order valence-corrected chi connectivity index (χ2v) is 9.60. The lowest BCUT2D eigenvalue weighted by Gasteiger charge is -2.42. The van der Waals surface area contributed by atoms with Crippen molar-refractivity contribution in [3.63, 3.8) is 0 Å². The molecule has 30 heavy (non-hydrogen) atoms. The van der Waals surface area contributed by atoms with Crippen LogP contribution in [0.15, 0.2) is 39.5 Å². The van der Waals surface area contributed by atoms with Crippen LogP contribution in [0, 0.1) is 0 Å². The third-order valence-corrected chi connectivity index (χ3v) is 8.45. The van der Waals surface area contributed by atoms with E-state index in [9.17, 15) is 13.2 Å². The highest BCUT2D eigenvalue weighted by Gasteiger charge is 2.54. The van der Waals surface area contributed by atoms with E-state index in [0.29, 0.717) is 25.6 Å². The molecular weight excluding hydrogens is 412 g/mol. The number of benzene rings is 1. The van der Waals surface area contributed by atoms with E-state index in [1.807, 2.05) is 24.3 Å². The Kier molecular flexibility index (Phi) is 5.82. The predicted octanol–water partition coefficient (Wildman–Crippen LogP) is 0.363. The van der Waals surface area contributed by atoms with Crippen LogP contribution in [0.3, 0.4) is 0 Å². The molecule has 0 aliphatic carbocycles. The summed E-state index contributed by atoms with van der Waals surface area (Å²) in [6.45, 7) is 2.17. The van der Waals surface area contributed by atoms with Crippen molar-refractivity contribution in [2.45, 2.75) is 17.6 Å². The van der Waals surface area contributed by atoms with Crippen LogP contribution >= 0.6 is 0 Å². The van der Waals surface area contributed by atoms with Crippen molar-refractivity contribution >= 4 is 27.5 Å². The number of amidine groups is 1. The molecular formula is C18H24N6O5S. The highest BCUT2D eigenvalue weighted by molar-refractivity contribution is 7.91. The van der Waals surface area contributed by atoms with Crippen LogP contribution in [-0.4, -0.2) is 80.5 Å². The van der Waals surface area contributed by atoms with E-state index in [4.69, 9.17) is 9.94 Å². The van der Waals surface area contributed by atoms with Crippen molar-refractivity contribution in [2.75, 3.05) is 51.0 Å². The molecule has 3 heterocycles. The molecule has 0 bridgehead atoms. The molecule has 0 radical (unpaired) electrons. The average Bonchev–Trinajstić information content (AvgIpc) is 3.34. The standard InChI is InChI=1S/C18H24N6O5S/c25-17(22-26)18(5-11-29-12-6-18)30(27,28)24-9-7-23(8-10-24)15-3-1-14(2-4-15)16-19-13-20-21-16/h1-4,26H,5-13H2,(H,22,25). The molecule has 11 nitrogen and oxygen atoms in total. The van der Waals surface area contributed by atoms with Crippen molar-refractivity contribution in [1.29, 1.82) is 0 Å². The van der Waals surface area contributed by atoms with Gasteiger partial charge in [-0.15, -0.1) is 5.11 Å². The lowest BCUT2D eigenvalue weighted by atomic mass is 9.98. The highest BCUT2D eigenvalue weighted by Crippen LogP contribution is 2.33. The van der Waals surface area contributed by atoms with Crippen LogP contribution in [0.2, 0.25) is 0 Å². The fraction of sp³-hybridized carbons (Fsp3) is 0.556. The largest absolute Gasteiger partial charge is 0.381 e. The summed E-state index contributed by atoms with van der Waals surface area (Å²) in [6, 6.07) is 7.75. The Balaban J connectivity index is 1.45. The van der Waals surface area contributed by atoms with Gasteiger partial charge in [-0.05, 0) is 24.3 Å². The van der Waals surface area contributed by atoms with Crippen molar-refractivity contribution < 1.29 is 23.2 Å². The van der Waals surface area contributed by atoms with Gasteiger partial charge in [-0.2, -0.15) is 9.42 Å². The lowest BCUT2D eigenvalue weighted by Crippen LogP contribution is -2.62. The molecule has 1 amide bonds. The number of carbonyl (C=O) groups is 1. The summed E-state index contributed by atoms with van der Waals surface area (Å²) in [5, 5.41) is 17.0. The first kappa shape index (κ1) is 20.8. The summed E-state index contributed by atoms with van der Waals surface area (Å²) in [4.78, 5) is 18.6. The number of hydrogen-bond acceptors (Lipinski definition) is 9. The van der Waals surface area contributed by atoms with Crippen LogP contribution in [0.4, 0.5) is 5.69 Å². The number of azo groups is 1. The minimum absolute atomic E-state index is 0.0185. The van der Waals surface area contributed by atoms with Gasteiger partial charge in [0.2, 0.25) is 10.0 Å². The molecule has 12 heteroatoms. The Labute approximate surface area is 174 Å². The molecule has 0 aromatic heterocycles. The van der Waals surface area contributed by atoms with Gasteiger partial charge >= 0.3 is 0 Å². The van der Waals surface area contributed by atoms with Gasteiger partial charge in [0.05, 0.1) is 0 Å². The van der Waals surface area contributed by atoms with Crippen LogP contribution < -0.4 is 10.4 Å². The van der Waals surface area contributed by atoms with Gasteiger partial charge in [0, 0.05) is 63.5 Å². The summed E-state index contributed by atoms with van der Waals surface area (Å²) < 4.78 is 31.6. The van der Waals surface area contributed by atoms with Crippen molar-refractivity contribution in [3.8, 4) is 0 Å². The molecule has 162 valence electrons. The number of amides is 1. The van der Waals surface area contributed by atoms with Gasteiger partial charge in [0.1, 0.15) is 0 Å². The van der Waals surface area contributed by atoms with E-state index in [2.05, 4.69) is 20.1 Å². The Morgan fingerprint density at radius 3 is 2.33 bits per heavy atom. The molecule has 2 saturated heterocycles. The maximum absolute atomic E-state index is 13.3. The summed E-state index contributed by atoms with van der Waals surface area (Å²) in [6.07, 6.45) is 0.0370. The second-order valence-electron chi connectivity index (χ2n) is 7.35. The van der Waals surface area contributed by atoms with Gasteiger partial charge in [0.25, 0.3) is 5.91 Å². The zero-order chi connectivity index (χ0) is 21.2. The lowest BCUT2D eigenvalue weighted by molar-refractivity contribution is -0.134. The number of hydrogen-bond donors (Lipinski definition) is 2. The maximum atomic E-state index is 13.3. The normalized spacial score (nSPS) is 22.0. The van der Waals surface area contributed by atoms with Crippen LogP contribution in [0.1, 0.15) is 18.4 Å². The predicted molar refractivity (Wildman–Crippen MR) is 108 cm³/mol. The van der Waals surface area contributed by atoms with Gasteiger partial charge in [-0.3, -0.25) is 10.0 Å². The first-order chi connectivity index (χ1) is 14.5. The maximum Gasteiger partial charge on any atom is 0.266 e. The quantitative estimate of drug-likeness (QED) is 0.505. The SMILES string of the molecule is O=C(NO)C1(S(=O)(=O)N2CCN(c3ccc(C4=NCN=N4)cc3)CC2)CCOCC1. The number of piperazine rings is 1. The molecule has 2 fully saturated rings. The zero-order valence-electron chi connectivity index (χ0n) is 16.4. The van der Waals surface area contributed by atoms with Gasteiger partial charge in [-0.1, -0.05) is 0 Å². The van der Waals surface area contributed by atoms with Crippen molar-refractivity contribution in [3.05, 3.63) is 29.8 Å². The summed E-state index contributed by atoms with van der Waals surface area (Å²) in [5.74, 6) is -0.280. The first-order valence-electron chi connectivity index (χ1n) is 9.77. The number of anilines is 1. The van der Waals surface area contributed by atoms with E-state index in [1.165, 1.54) is 4.31 Å². The topological polar surface area (TPSA) is 136 Å². The third kappa shape index (κ3) is 3.60. The summed E-state index contributed by atoms with van der Waals surface area (Å²) >= 11 is 0. The Bertz CT molecular complexity index is 948. The number of hydroxylamine groups is 1. The van der Waals surface area contributed by atoms with E-state index in [1.54, 1.807) is 5.48 Å². The number of rotatable bonds is 5. The molecule has 3 aliphatic rings. The minimum Gasteiger partial charge on any atom is -0.381 e. The molecule has 1 aromatic carbocycles. The second kappa shape index (κ2) is 8.38. The number of nitrogens with one attached hydrogen (secondary N) is 1. The van der Waals surface area contributed by atoms with Crippen LogP contribution in [0.25, 0.3) is 0 Å². The molecule has 4 rings (SSSR count). The zero-order valence-corrected chi connectivity index (χ0v) is 17.2. The van der Waals surface area contributed by atoms with E-state index in [-0.39, 0.29) is 39.1 Å². The molecule has 2 N–H and O–H groups in total. The Morgan fingerprint density at radius 2 is 1.77 bits per heavy atom. The van der Waals surface area contributed by atoms with Crippen LogP contribution in [0.5, 0.6) is 0 Å². The van der Waals surface area contributed by atoms with Gasteiger partial charge < -0.3 is 9.64 Å². The number of sulfonamides is 1. The minimum atomic E-state index is -3.97. The van der Waals surface area contributed by atoms with Crippen molar-refractivity contribution in [2.24, 2.45) is 15.2 Å².